The van der Waals surface area contributed by atoms with E-state index >= 15 is 0 Å². The zero-order valence-corrected chi connectivity index (χ0v) is 23.6. The van der Waals surface area contributed by atoms with Gasteiger partial charge in [-0.2, -0.15) is 4.99 Å². The third kappa shape index (κ3) is 6.44. The SMILES string of the molecule is CCOCCn1c(=NC(=O)c2ccc(S(=O)(=O)N(CC)c3ccccc3)cc2)sc2cc(NC(C)=O)ccc21. The minimum atomic E-state index is -3.81. The van der Waals surface area contributed by atoms with E-state index in [9.17, 15) is 18.0 Å². The van der Waals surface area contributed by atoms with Crippen LogP contribution in [-0.4, -0.2) is 44.6 Å². The number of nitrogens with one attached hydrogen (secondary N) is 1. The summed E-state index contributed by atoms with van der Waals surface area (Å²) < 4.78 is 36.2. The van der Waals surface area contributed by atoms with Crippen LogP contribution in [0.15, 0.2) is 82.7 Å². The van der Waals surface area contributed by atoms with Crippen LogP contribution in [0.5, 0.6) is 0 Å². The number of aromatic nitrogens is 1. The van der Waals surface area contributed by atoms with Gasteiger partial charge >= 0.3 is 0 Å². The van der Waals surface area contributed by atoms with Crippen molar-refractivity contribution in [3.8, 4) is 0 Å². The van der Waals surface area contributed by atoms with Crippen LogP contribution < -0.4 is 14.4 Å². The number of carbonyl (C=O) groups is 2. The largest absolute Gasteiger partial charge is 0.380 e. The molecule has 0 aliphatic heterocycles. The lowest BCUT2D eigenvalue weighted by Crippen LogP contribution is -2.30. The first-order valence-electron chi connectivity index (χ1n) is 12.5. The van der Waals surface area contributed by atoms with E-state index in [1.165, 1.54) is 46.8 Å². The average molecular weight is 567 g/mol. The predicted octanol–water partition coefficient (Wildman–Crippen LogP) is 4.65. The molecule has 0 aliphatic carbocycles. The molecule has 0 atom stereocenters. The maximum atomic E-state index is 13.3. The lowest BCUT2D eigenvalue weighted by molar-refractivity contribution is -0.114. The van der Waals surface area contributed by atoms with Crippen molar-refractivity contribution >= 4 is 54.8 Å². The molecule has 39 heavy (non-hydrogen) atoms. The van der Waals surface area contributed by atoms with Crippen LogP contribution in [0.1, 0.15) is 31.1 Å². The van der Waals surface area contributed by atoms with E-state index in [-0.39, 0.29) is 22.9 Å². The average Bonchev–Trinajstić information content (AvgIpc) is 3.25. The van der Waals surface area contributed by atoms with E-state index in [0.717, 1.165) is 10.2 Å². The van der Waals surface area contributed by atoms with Crippen LogP contribution in [-0.2, 0) is 26.1 Å². The Bertz CT molecular complexity index is 1640. The van der Waals surface area contributed by atoms with Gasteiger partial charge in [-0.05, 0) is 68.4 Å². The molecule has 4 rings (SSSR count). The molecule has 4 aromatic rings. The molecule has 9 nitrogen and oxygen atoms in total. The lowest BCUT2D eigenvalue weighted by atomic mass is 10.2. The summed E-state index contributed by atoms with van der Waals surface area (Å²) in [5.74, 6) is -0.667. The van der Waals surface area contributed by atoms with Gasteiger partial charge in [0.2, 0.25) is 5.91 Å². The predicted molar refractivity (Wildman–Crippen MR) is 154 cm³/mol. The number of hydrogen-bond donors (Lipinski definition) is 1. The van der Waals surface area contributed by atoms with Crippen LogP contribution in [0.2, 0.25) is 0 Å². The molecule has 0 unspecified atom stereocenters. The molecule has 11 heteroatoms. The molecule has 0 saturated heterocycles. The fourth-order valence-electron chi connectivity index (χ4n) is 4.09. The Morgan fingerprint density at radius 3 is 2.38 bits per heavy atom. The minimum Gasteiger partial charge on any atom is -0.380 e. The third-order valence-electron chi connectivity index (χ3n) is 5.88. The Balaban J connectivity index is 1.66. The molecular weight excluding hydrogens is 536 g/mol. The smallest absolute Gasteiger partial charge is 0.279 e. The van der Waals surface area contributed by atoms with Gasteiger partial charge in [-0.1, -0.05) is 29.5 Å². The number of ether oxygens (including phenoxy) is 1. The number of rotatable bonds is 10. The number of para-hydroxylation sites is 1. The van der Waals surface area contributed by atoms with Gasteiger partial charge in [0.1, 0.15) is 0 Å². The highest BCUT2D eigenvalue weighted by atomic mass is 32.2. The molecule has 0 spiro atoms. The number of nitrogens with zero attached hydrogens (tertiary/aromatic N) is 3. The molecule has 0 radical (unpaired) electrons. The Labute approximate surface area is 231 Å². The molecule has 1 aromatic heterocycles. The summed E-state index contributed by atoms with van der Waals surface area (Å²) in [7, 11) is -3.81. The molecule has 2 amide bonds. The van der Waals surface area contributed by atoms with Crippen molar-refractivity contribution in [3.05, 3.63) is 83.2 Å². The van der Waals surface area contributed by atoms with Gasteiger partial charge in [0.05, 0.1) is 27.4 Å². The Morgan fingerprint density at radius 1 is 1.03 bits per heavy atom. The van der Waals surface area contributed by atoms with Crippen molar-refractivity contribution in [1.29, 1.82) is 0 Å². The highest BCUT2D eigenvalue weighted by Gasteiger charge is 2.23. The molecule has 0 bridgehead atoms. The first kappa shape index (κ1) is 28.2. The summed E-state index contributed by atoms with van der Waals surface area (Å²) >= 11 is 1.32. The summed E-state index contributed by atoms with van der Waals surface area (Å²) in [6, 6.07) is 20.2. The fourth-order valence-corrected chi connectivity index (χ4v) is 6.66. The fraction of sp³-hybridized carbons (Fsp3) is 0.250. The van der Waals surface area contributed by atoms with Crippen molar-refractivity contribution in [2.24, 2.45) is 4.99 Å². The van der Waals surface area contributed by atoms with Crippen LogP contribution in [0.25, 0.3) is 10.2 Å². The van der Waals surface area contributed by atoms with Gasteiger partial charge in [-0.25, -0.2) is 8.42 Å². The summed E-state index contributed by atoms with van der Waals surface area (Å²) in [4.78, 5) is 29.5. The van der Waals surface area contributed by atoms with Gasteiger partial charge in [-0.15, -0.1) is 0 Å². The molecule has 1 N–H and O–H groups in total. The molecular formula is C28H30N4O5S2. The van der Waals surface area contributed by atoms with Crippen LogP contribution >= 0.6 is 11.3 Å². The van der Waals surface area contributed by atoms with Crippen LogP contribution in [0.3, 0.4) is 0 Å². The van der Waals surface area contributed by atoms with E-state index in [2.05, 4.69) is 10.3 Å². The number of benzene rings is 3. The highest BCUT2D eigenvalue weighted by molar-refractivity contribution is 7.92. The van der Waals surface area contributed by atoms with Crippen molar-refractivity contribution in [1.82, 2.24) is 4.57 Å². The van der Waals surface area contributed by atoms with Gasteiger partial charge in [0.15, 0.2) is 4.80 Å². The van der Waals surface area contributed by atoms with Crippen LogP contribution in [0, 0.1) is 0 Å². The van der Waals surface area contributed by atoms with Crippen molar-refractivity contribution < 1.29 is 22.7 Å². The quantitative estimate of drug-likeness (QED) is 0.281. The molecule has 204 valence electrons. The van der Waals surface area contributed by atoms with Crippen molar-refractivity contribution in [2.75, 3.05) is 29.4 Å². The van der Waals surface area contributed by atoms with E-state index in [1.54, 1.807) is 37.3 Å². The molecule has 0 saturated carbocycles. The number of amides is 2. The lowest BCUT2D eigenvalue weighted by Gasteiger charge is -2.22. The van der Waals surface area contributed by atoms with Crippen molar-refractivity contribution in [3.63, 3.8) is 0 Å². The Kier molecular flexibility index (Phi) is 8.95. The number of carbonyl (C=O) groups excluding carboxylic acids is 2. The second kappa shape index (κ2) is 12.4. The maximum absolute atomic E-state index is 13.3. The number of thiazole rings is 1. The third-order valence-corrected chi connectivity index (χ3v) is 8.84. The van der Waals surface area contributed by atoms with Gasteiger partial charge in [0, 0.05) is 37.9 Å². The minimum absolute atomic E-state index is 0.0869. The van der Waals surface area contributed by atoms with Gasteiger partial charge < -0.3 is 14.6 Å². The monoisotopic (exact) mass is 566 g/mol. The summed E-state index contributed by atoms with van der Waals surface area (Å²) in [5.41, 5.74) is 2.35. The molecule has 3 aromatic carbocycles. The standard InChI is InChI=1S/C28H30N4O5S2/c1-4-32(23-9-7-6-8-10-23)39(35,36)24-14-11-21(12-15-24)27(34)30-28-31(17-18-37-5-2)25-16-13-22(29-20(3)33)19-26(25)38-28/h6-16,19H,4-5,17-18H2,1-3H3,(H,29,33). The first-order chi connectivity index (χ1) is 18.7. The van der Waals surface area contributed by atoms with Crippen LogP contribution in [0.4, 0.5) is 11.4 Å². The zero-order chi connectivity index (χ0) is 28.0. The van der Waals surface area contributed by atoms with E-state index in [4.69, 9.17) is 4.74 Å². The summed E-state index contributed by atoms with van der Waals surface area (Å²) in [6.07, 6.45) is 0. The molecule has 0 aliphatic rings. The van der Waals surface area contributed by atoms with E-state index in [0.29, 0.717) is 35.9 Å². The molecule has 0 fully saturated rings. The Morgan fingerprint density at radius 2 is 1.74 bits per heavy atom. The Hall–Kier alpha value is -3.80. The van der Waals surface area contributed by atoms with E-state index < -0.39 is 15.9 Å². The highest BCUT2D eigenvalue weighted by Crippen LogP contribution is 2.24. The number of anilines is 2. The normalized spacial score (nSPS) is 12.0. The topological polar surface area (TPSA) is 110 Å². The first-order valence-corrected chi connectivity index (χ1v) is 14.8. The second-order valence-electron chi connectivity index (χ2n) is 8.54. The summed E-state index contributed by atoms with van der Waals surface area (Å²) in [5, 5.41) is 2.77. The number of fused-ring (bicyclic) bond motifs is 1. The molecule has 1 heterocycles. The maximum Gasteiger partial charge on any atom is 0.279 e. The number of hydrogen-bond acceptors (Lipinski definition) is 6. The zero-order valence-electron chi connectivity index (χ0n) is 22.0. The number of sulfonamides is 1. The van der Waals surface area contributed by atoms with Gasteiger partial charge in [0.25, 0.3) is 15.9 Å². The van der Waals surface area contributed by atoms with Gasteiger partial charge in [-0.3, -0.25) is 13.9 Å². The van der Waals surface area contributed by atoms with E-state index in [1.807, 2.05) is 29.7 Å². The van der Waals surface area contributed by atoms with Crippen molar-refractivity contribution in [2.45, 2.75) is 32.2 Å². The second-order valence-corrected chi connectivity index (χ2v) is 11.4. The summed E-state index contributed by atoms with van der Waals surface area (Å²) in [6.45, 7) is 6.89.